The molecule has 0 fully saturated rings. The van der Waals surface area contributed by atoms with Crippen molar-refractivity contribution in [2.75, 3.05) is 26.4 Å². The lowest BCUT2D eigenvalue weighted by atomic mass is 10.1. The monoisotopic (exact) mass is 777 g/mol. The van der Waals surface area contributed by atoms with Gasteiger partial charge in [0.25, 0.3) is 0 Å². The van der Waals surface area contributed by atoms with E-state index < -0.39 is 32.5 Å². The van der Waals surface area contributed by atoms with Gasteiger partial charge >= 0.3 is 19.8 Å². The number of esters is 2. The van der Waals surface area contributed by atoms with Crippen molar-refractivity contribution < 1.29 is 42.4 Å². The number of phosphoric acid groups is 1. The second-order valence-electron chi connectivity index (χ2n) is 13.2. The number of nitrogens with two attached hydrogens (primary N) is 1. The maximum atomic E-state index is 12.6. The number of rotatable bonds is 37. The largest absolute Gasteiger partial charge is 0.472 e. The first-order valence-corrected chi connectivity index (χ1v) is 21.9. The summed E-state index contributed by atoms with van der Waals surface area (Å²) in [6.45, 7) is 3.37. The van der Waals surface area contributed by atoms with Crippen molar-refractivity contribution >= 4 is 25.5 Å². The third-order valence-corrected chi connectivity index (χ3v) is 9.04. The zero-order valence-electron chi connectivity index (χ0n) is 33.4. The van der Waals surface area contributed by atoms with Crippen molar-refractivity contribution in [1.82, 2.24) is 0 Å². The number of carbonyl (C=O) groups excluding carboxylic acids is 3. The number of hydrogen-bond acceptors (Lipinski definition) is 9. The number of ether oxygens (including phenoxy) is 2. The van der Waals surface area contributed by atoms with Crippen molar-refractivity contribution in [3.63, 3.8) is 0 Å². The van der Waals surface area contributed by atoms with Crippen LogP contribution in [-0.4, -0.2) is 55.1 Å². The Morgan fingerprint density at radius 1 is 0.630 bits per heavy atom. The molecule has 0 heterocycles. The molecule has 0 amide bonds. The summed E-state index contributed by atoms with van der Waals surface area (Å²) >= 11 is 0. The number of allylic oxidation sites excluding steroid dienone is 12. The van der Waals surface area contributed by atoms with Crippen LogP contribution in [0.25, 0.3) is 0 Å². The molecule has 11 heteroatoms. The maximum absolute atomic E-state index is 12.6. The molecule has 0 saturated carbocycles. The lowest BCUT2D eigenvalue weighted by Gasteiger charge is -2.19. The predicted octanol–water partition coefficient (Wildman–Crippen LogP) is 10.7. The lowest BCUT2D eigenvalue weighted by molar-refractivity contribution is -0.161. The fourth-order valence-corrected chi connectivity index (χ4v) is 5.78. The van der Waals surface area contributed by atoms with E-state index in [2.05, 4.69) is 68.5 Å². The molecule has 0 radical (unpaired) electrons. The van der Waals surface area contributed by atoms with E-state index in [1.54, 1.807) is 6.08 Å². The molecule has 54 heavy (non-hydrogen) atoms. The van der Waals surface area contributed by atoms with Gasteiger partial charge in [0.2, 0.25) is 0 Å². The van der Waals surface area contributed by atoms with Gasteiger partial charge < -0.3 is 20.1 Å². The second-order valence-corrected chi connectivity index (χ2v) is 14.6. The number of phosphoric ester groups is 1. The van der Waals surface area contributed by atoms with Crippen LogP contribution in [0.3, 0.4) is 0 Å². The summed E-state index contributed by atoms with van der Waals surface area (Å²) in [6, 6.07) is 0. The van der Waals surface area contributed by atoms with Crippen molar-refractivity contribution in [3.05, 3.63) is 72.9 Å². The van der Waals surface area contributed by atoms with Crippen LogP contribution in [-0.2, 0) is 37.5 Å². The lowest BCUT2D eigenvalue weighted by Crippen LogP contribution is -2.29. The molecule has 0 aromatic carbocycles. The molecular formula is C43H72NO9P. The summed E-state index contributed by atoms with van der Waals surface area (Å²) in [5.41, 5.74) is 5.33. The van der Waals surface area contributed by atoms with Crippen LogP contribution in [0.15, 0.2) is 72.9 Å². The smallest absolute Gasteiger partial charge is 0.462 e. The van der Waals surface area contributed by atoms with Crippen molar-refractivity contribution in [2.24, 2.45) is 5.73 Å². The van der Waals surface area contributed by atoms with Crippen LogP contribution >= 0.6 is 7.82 Å². The van der Waals surface area contributed by atoms with Crippen LogP contribution in [0.1, 0.15) is 149 Å². The Balaban J connectivity index is 4.34. The van der Waals surface area contributed by atoms with Crippen molar-refractivity contribution in [1.29, 1.82) is 0 Å². The Kier molecular flexibility index (Phi) is 36.3. The van der Waals surface area contributed by atoms with Crippen LogP contribution < -0.4 is 5.73 Å². The molecule has 0 bridgehead atoms. The first kappa shape index (κ1) is 51.1. The molecule has 0 spiro atoms. The number of carbonyl (C=O) groups is 3. The molecule has 0 aromatic rings. The van der Waals surface area contributed by atoms with Gasteiger partial charge in [-0.2, -0.15) is 0 Å². The number of ketones is 1. The van der Waals surface area contributed by atoms with Gasteiger partial charge in [0, 0.05) is 25.8 Å². The third kappa shape index (κ3) is 37.4. The summed E-state index contributed by atoms with van der Waals surface area (Å²) in [5.74, 6) is -0.839. The SMILES string of the molecule is CC/C=C\C/C=C\C/C=C\C/C=C\CCCCCCC(=O)O[C@H](COC(=O)CCCCCCCC(=O)/C=C/C=C\CCCCC)COP(=O)(O)OCCN. The highest BCUT2D eigenvalue weighted by Crippen LogP contribution is 2.43. The van der Waals surface area contributed by atoms with E-state index in [9.17, 15) is 23.8 Å². The van der Waals surface area contributed by atoms with Gasteiger partial charge in [-0.15, -0.1) is 0 Å². The predicted molar refractivity (Wildman–Crippen MR) is 220 cm³/mol. The Morgan fingerprint density at radius 2 is 1.19 bits per heavy atom. The molecule has 0 aromatic heterocycles. The van der Waals surface area contributed by atoms with E-state index in [0.717, 1.165) is 83.5 Å². The highest BCUT2D eigenvalue weighted by Gasteiger charge is 2.26. The quantitative estimate of drug-likeness (QED) is 0.0156. The van der Waals surface area contributed by atoms with Gasteiger partial charge in [0.1, 0.15) is 6.61 Å². The van der Waals surface area contributed by atoms with Crippen LogP contribution in [0.2, 0.25) is 0 Å². The highest BCUT2D eigenvalue weighted by atomic mass is 31.2. The van der Waals surface area contributed by atoms with Gasteiger partial charge in [-0.1, -0.05) is 126 Å². The second kappa shape index (κ2) is 38.4. The summed E-state index contributed by atoms with van der Waals surface area (Å²) in [6.07, 6.45) is 41.8. The molecule has 308 valence electrons. The van der Waals surface area contributed by atoms with E-state index >= 15 is 0 Å². The average molecular weight is 778 g/mol. The Hall–Kier alpha value is -2.88. The Morgan fingerprint density at radius 3 is 1.83 bits per heavy atom. The minimum atomic E-state index is -4.41. The van der Waals surface area contributed by atoms with E-state index in [-0.39, 0.29) is 38.4 Å². The van der Waals surface area contributed by atoms with Gasteiger partial charge in [-0.05, 0) is 76.7 Å². The van der Waals surface area contributed by atoms with Gasteiger partial charge in [0.05, 0.1) is 13.2 Å². The van der Waals surface area contributed by atoms with Gasteiger partial charge in [-0.3, -0.25) is 23.4 Å². The molecular weight excluding hydrogens is 705 g/mol. The van der Waals surface area contributed by atoms with E-state index in [1.807, 2.05) is 12.2 Å². The Labute approximate surface area is 327 Å². The highest BCUT2D eigenvalue weighted by molar-refractivity contribution is 7.47. The molecule has 0 rings (SSSR count). The van der Waals surface area contributed by atoms with Crippen LogP contribution in [0, 0.1) is 0 Å². The topological polar surface area (TPSA) is 151 Å². The Bertz CT molecular complexity index is 1180. The number of hydrogen-bond donors (Lipinski definition) is 2. The summed E-state index contributed by atoms with van der Waals surface area (Å²) in [5, 5.41) is 0. The third-order valence-electron chi connectivity index (χ3n) is 8.05. The minimum Gasteiger partial charge on any atom is -0.462 e. The average Bonchev–Trinajstić information content (AvgIpc) is 3.15. The normalized spacial score (nSPS) is 14.0. The molecule has 0 aliphatic carbocycles. The van der Waals surface area contributed by atoms with E-state index in [0.29, 0.717) is 19.3 Å². The molecule has 10 nitrogen and oxygen atoms in total. The summed E-state index contributed by atoms with van der Waals surface area (Å²) in [4.78, 5) is 46.8. The molecule has 2 atom stereocenters. The molecule has 1 unspecified atom stereocenters. The summed E-state index contributed by atoms with van der Waals surface area (Å²) in [7, 11) is -4.41. The number of unbranched alkanes of at least 4 members (excludes halogenated alkanes) is 11. The van der Waals surface area contributed by atoms with Crippen molar-refractivity contribution in [2.45, 2.75) is 155 Å². The zero-order valence-corrected chi connectivity index (χ0v) is 34.3. The standard InChI is InChI=1S/C43H72NO9P/c1-3-5-7-9-11-12-13-14-15-16-17-18-19-20-22-26-31-35-43(47)53-41(39-52-54(48,49)51-37-36-44)38-50-42(46)34-30-27-23-25-29-33-40(45)32-28-24-21-10-8-6-4-2/h5,7,11-12,14-15,17-18,21,24,28,32,41H,3-4,6,8-10,13,16,19-20,22-23,25-27,29-31,33-39,44H2,1-2H3,(H,48,49)/b7-5-,12-11-,15-14-,18-17-,24-21-,32-28+/t41-/m1/s1. The van der Waals surface area contributed by atoms with Gasteiger partial charge in [-0.25, -0.2) is 4.57 Å². The maximum Gasteiger partial charge on any atom is 0.472 e. The minimum absolute atomic E-state index is 0.0278. The van der Waals surface area contributed by atoms with Crippen molar-refractivity contribution in [3.8, 4) is 0 Å². The summed E-state index contributed by atoms with van der Waals surface area (Å²) < 4.78 is 32.6. The zero-order chi connectivity index (χ0) is 39.8. The molecule has 3 N–H and O–H groups in total. The van der Waals surface area contributed by atoms with E-state index in [4.69, 9.17) is 24.3 Å². The molecule has 0 aliphatic heterocycles. The fourth-order valence-electron chi connectivity index (χ4n) is 5.02. The van der Waals surface area contributed by atoms with Crippen LogP contribution in [0.5, 0.6) is 0 Å². The molecule has 0 aliphatic rings. The first-order valence-electron chi connectivity index (χ1n) is 20.4. The fraction of sp³-hybridized carbons (Fsp3) is 0.651. The first-order chi connectivity index (χ1) is 26.2. The van der Waals surface area contributed by atoms with E-state index in [1.165, 1.54) is 19.3 Å². The molecule has 0 saturated heterocycles. The van der Waals surface area contributed by atoms with Gasteiger partial charge in [0.15, 0.2) is 11.9 Å². The van der Waals surface area contributed by atoms with Crippen LogP contribution in [0.4, 0.5) is 0 Å².